The molecular formula is C11H9N3O2. The van der Waals surface area contributed by atoms with Crippen molar-refractivity contribution in [3.8, 4) is 0 Å². The number of H-pyrrole nitrogens is 1. The second-order valence-electron chi connectivity index (χ2n) is 3.22. The van der Waals surface area contributed by atoms with E-state index >= 15 is 0 Å². The molecule has 5 heteroatoms. The van der Waals surface area contributed by atoms with Gasteiger partial charge in [-0.05, 0) is 0 Å². The summed E-state index contributed by atoms with van der Waals surface area (Å²) in [7, 11) is 0. The second-order valence-corrected chi connectivity index (χ2v) is 3.22. The SMILES string of the molecule is Nc1cc(C(=O)c2ccccc2)[nH]c(=O)n1. The molecule has 2 aromatic rings. The summed E-state index contributed by atoms with van der Waals surface area (Å²) in [5.41, 5.74) is 5.40. The molecule has 1 aromatic heterocycles. The van der Waals surface area contributed by atoms with Crippen LogP contribution in [0.4, 0.5) is 5.82 Å². The molecule has 3 N–H and O–H groups in total. The Labute approximate surface area is 91.0 Å². The Morgan fingerprint density at radius 2 is 1.94 bits per heavy atom. The Bertz CT molecular complexity index is 575. The van der Waals surface area contributed by atoms with Crippen molar-refractivity contribution >= 4 is 11.6 Å². The molecule has 0 aliphatic carbocycles. The molecule has 80 valence electrons. The molecule has 0 aliphatic heterocycles. The van der Waals surface area contributed by atoms with E-state index in [4.69, 9.17) is 5.73 Å². The number of rotatable bonds is 2. The Morgan fingerprint density at radius 3 is 2.56 bits per heavy atom. The molecule has 16 heavy (non-hydrogen) atoms. The summed E-state index contributed by atoms with van der Waals surface area (Å²) in [6.45, 7) is 0. The lowest BCUT2D eigenvalue weighted by atomic mass is 10.1. The fourth-order valence-electron chi connectivity index (χ4n) is 1.34. The third-order valence-corrected chi connectivity index (χ3v) is 2.05. The number of anilines is 1. The highest BCUT2D eigenvalue weighted by Gasteiger charge is 2.10. The zero-order valence-corrected chi connectivity index (χ0v) is 8.31. The van der Waals surface area contributed by atoms with Gasteiger partial charge in [-0.1, -0.05) is 30.3 Å². The first-order valence-corrected chi connectivity index (χ1v) is 4.63. The van der Waals surface area contributed by atoms with E-state index < -0.39 is 5.69 Å². The first-order chi connectivity index (χ1) is 7.66. The minimum absolute atomic E-state index is 0.0306. The van der Waals surface area contributed by atoms with Gasteiger partial charge in [0, 0.05) is 11.6 Å². The van der Waals surface area contributed by atoms with Crippen LogP contribution in [0.25, 0.3) is 0 Å². The number of hydrogen-bond donors (Lipinski definition) is 2. The van der Waals surface area contributed by atoms with Crippen molar-refractivity contribution in [2.24, 2.45) is 0 Å². The summed E-state index contributed by atoms with van der Waals surface area (Å²) < 4.78 is 0. The van der Waals surface area contributed by atoms with Gasteiger partial charge in [0.05, 0.1) is 5.69 Å². The van der Waals surface area contributed by atoms with Gasteiger partial charge in [0.2, 0.25) is 5.78 Å². The first kappa shape index (κ1) is 10.1. The van der Waals surface area contributed by atoms with Gasteiger partial charge in [0.15, 0.2) is 0 Å². The smallest absolute Gasteiger partial charge is 0.347 e. The molecule has 0 bridgehead atoms. The molecule has 2 rings (SSSR count). The Balaban J connectivity index is 2.46. The van der Waals surface area contributed by atoms with E-state index in [2.05, 4.69) is 9.97 Å². The predicted molar refractivity (Wildman–Crippen MR) is 59.1 cm³/mol. The van der Waals surface area contributed by atoms with Crippen molar-refractivity contribution in [2.75, 3.05) is 5.73 Å². The highest BCUT2D eigenvalue weighted by atomic mass is 16.1. The van der Waals surface area contributed by atoms with Crippen molar-refractivity contribution in [3.05, 3.63) is 58.1 Å². The van der Waals surface area contributed by atoms with Gasteiger partial charge in [0.25, 0.3) is 0 Å². The Hall–Kier alpha value is -2.43. The van der Waals surface area contributed by atoms with Crippen molar-refractivity contribution in [1.82, 2.24) is 9.97 Å². The topological polar surface area (TPSA) is 88.8 Å². The quantitative estimate of drug-likeness (QED) is 0.717. The Morgan fingerprint density at radius 1 is 1.25 bits per heavy atom. The van der Waals surface area contributed by atoms with Gasteiger partial charge < -0.3 is 10.7 Å². The number of nitrogens with one attached hydrogen (secondary N) is 1. The largest absolute Gasteiger partial charge is 0.383 e. The molecule has 0 saturated carbocycles. The molecule has 5 nitrogen and oxygen atoms in total. The van der Waals surface area contributed by atoms with Crippen LogP contribution < -0.4 is 11.4 Å². The van der Waals surface area contributed by atoms with E-state index in [0.29, 0.717) is 5.56 Å². The Kier molecular flexibility index (Phi) is 2.51. The number of aromatic nitrogens is 2. The van der Waals surface area contributed by atoms with Gasteiger partial charge in [-0.25, -0.2) is 4.79 Å². The number of nitrogen functional groups attached to an aromatic ring is 1. The molecule has 0 atom stereocenters. The van der Waals surface area contributed by atoms with Crippen LogP contribution in [-0.2, 0) is 0 Å². The predicted octanol–water partition coefficient (Wildman–Crippen LogP) is 0.583. The zero-order valence-electron chi connectivity index (χ0n) is 8.31. The summed E-state index contributed by atoms with van der Waals surface area (Å²) in [5, 5.41) is 0. The van der Waals surface area contributed by atoms with Gasteiger partial charge in [0.1, 0.15) is 5.82 Å². The summed E-state index contributed by atoms with van der Waals surface area (Å²) in [4.78, 5) is 28.7. The number of hydrogen-bond acceptors (Lipinski definition) is 4. The molecular weight excluding hydrogens is 206 g/mol. The van der Waals surface area contributed by atoms with Crippen LogP contribution >= 0.6 is 0 Å². The van der Waals surface area contributed by atoms with Crippen LogP contribution in [0.1, 0.15) is 16.1 Å². The third-order valence-electron chi connectivity index (χ3n) is 2.05. The first-order valence-electron chi connectivity index (χ1n) is 4.63. The van der Waals surface area contributed by atoms with E-state index in [-0.39, 0.29) is 17.3 Å². The van der Waals surface area contributed by atoms with Crippen molar-refractivity contribution < 1.29 is 4.79 Å². The van der Waals surface area contributed by atoms with Crippen molar-refractivity contribution in [1.29, 1.82) is 0 Å². The number of benzene rings is 1. The molecule has 0 saturated heterocycles. The van der Waals surface area contributed by atoms with E-state index in [1.807, 2.05) is 0 Å². The molecule has 0 fully saturated rings. The lowest BCUT2D eigenvalue weighted by Crippen LogP contribution is -2.18. The highest BCUT2D eigenvalue weighted by Crippen LogP contribution is 2.07. The van der Waals surface area contributed by atoms with Crippen LogP contribution in [0.2, 0.25) is 0 Å². The van der Waals surface area contributed by atoms with Gasteiger partial charge in [-0.3, -0.25) is 4.79 Å². The lowest BCUT2D eigenvalue weighted by Gasteiger charge is -2.00. The average Bonchev–Trinajstić information content (AvgIpc) is 2.28. The number of ketones is 1. The van der Waals surface area contributed by atoms with E-state index in [1.165, 1.54) is 6.07 Å². The number of nitrogens with two attached hydrogens (primary N) is 1. The van der Waals surface area contributed by atoms with Crippen LogP contribution in [0.5, 0.6) is 0 Å². The normalized spacial score (nSPS) is 10.0. The molecule has 0 amide bonds. The minimum Gasteiger partial charge on any atom is -0.383 e. The molecule has 0 radical (unpaired) electrons. The minimum atomic E-state index is -0.626. The lowest BCUT2D eigenvalue weighted by molar-refractivity contribution is 0.103. The monoisotopic (exact) mass is 215 g/mol. The number of nitrogens with zero attached hydrogens (tertiary/aromatic N) is 1. The molecule has 1 heterocycles. The number of aromatic amines is 1. The average molecular weight is 215 g/mol. The van der Waals surface area contributed by atoms with Gasteiger partial charge >= 0.3 is 5.69 Å². The van der Waals surface area contributed by atoms with E-state index in [1.54, 1.807) is 30.3 Å². The summed E-state index contributed by atoms with van der Waals surface area (Å²) in [6.07, 6.45) is 0. The maximum Gasteiger partial charge on any atom is 0.347 e. The van der Waals surface area contributed by atoms with Crippen LogP contribution in [0.15, 0.2) is 41.2 Å². The highest BCUT2D eigenvalue weighted by molar-refractivity contribution is 6.07. The third kappa shape index (κ3) is 1.98. The van der Waals surface area contributed by atoms with Crippen LogP contribution in [0, 0.1) is 0 Å². The standard InChI is InChI=1S/C11H9N3O2/c12-9-6-8(13-11(16)14-9)10(15)7-4-2-1-3-5-7/h1-6H,(H3,12,13,14,16). The molecule has 0 unspecified atom stereocenters. The van der Waals surface area contributed by atoms with Gasteiger partial charge in [-0.15, -0.1) is 0 Å². The van der Waals surface area contributed by atoms with E-state index in [9.17, 15) is 9.59 Å². The molecule has 1 aromatic carbocycles. The van der Waals surface area contributed by atoms with Crippen molar-refractivity contribution in [3.63, 3.8) is 0 Å². The van der Waals surface area contributed by atoms with Crippen molar-refractivity contribution in [2.45, 2.75) is 0 Å². The number of carbonyl (C=O) groups is 1. The maximum absolute atomic E-state index is 11.9. The fraction of sp³-hybridized carbons (Fsp3) is 0. The summed E-state index contributed by atoms with van der Waals surface area (Å²) in [5.74, 6) is -0.255. The fourth-order valence-corrected chi connectivity index (χ4v) is 1.34. The molecule has 0 aliphatic rings. The van der Waals surface area contributed by atoms with Gasteiger partial charge in [-0.2, -0.15) is 4.98 Å². The summed E-state index contributed by atoms with van der Waals surface area (Å²) in [6, 6.07) is 9.97. The van der Waals surface area contributed by atoms with E-state index in [0.717, 1.165) is 0 Å². The summed E-state index contributed by atoms with van der Waals surface area (Å²) >= 11 is 0. The number of carbonyl (C=O) groups excluding carboxylic acids is 1. The van der Waals surface area contributed by atoms with Crippen LogP contribution in [-0.4, -0.2) is 15.8 Å². The molecule has 0 spiro atoms. The van der Waals surface area contributed by atoms with Crippen LogP contribution in [0.3, 0.4) is 0 Å². The maximum atomic E-state index is 11.9. The second kappa shape index (κ2) is 3.98. The zero-order chi connectivity index (χ0) is 11.5.